The van der Waals surface area contributed by atoms with Gasteiger partial charge in [0.2, 0.25) is 0 Å². The highest BCUT2D eigenvalue weighted by molar-refractivity contribution is 7.08. The Morgan fingerprint density at radius 3 is 2.94 bits per heavy atom. The largest absolute Gasteiger partial charge is 0.383 e. The third-order valence-electron chi connectivity index (χ3n) is 2.60. The van der Waals surface area contributed by atoms with Crippen molar-refractivity contribution in [2.75, 3.05) is 5.73 Å². The Balaban J connectivity index is 2.32. The molecular formula is C12H11N3S. The van der Waals surface area contributed by atoms with Crippen molar-refractivity contribution >= 4 is 22.8 Å². The summed E-state index contributed by atoms with van der Waals surface area (Å²) in [6, 6.07) is 6.07. The molecule has 0 amide bonds. The molecule has 0 aromatic carbocycles. The summed E-state index contributed by atoms with van der Waals surface area (Å²) in [7, 11) is 0. The number of imidazole rings is 1. The smallest absolute Gasteiger partial charge is 0.139 e. The van der Waals surface area contributed by atoms with Crippen LogP contribution in [0.3, 0.4) is 0 Å². The van der Waals surface area contributed by atoms with Crippen molar-refractivity contribution in [3.8, 4) is 11.3 Å². The van der Waals surface area contributed by atoms with E-state index in [9.17, 15) is 0 Å². The fourth-order valence-electron chi connectivity index (χ4n) is 1.78. The van der Waals surface area contributed by atoms with E-state index in [0.29, 0.717) is 5.82 Å². The zero-order chi connectivity index (χ0) is 11.1. The summed E-state index contributed by atoms with van der Waals surface area (Å²) in [5.74, 6) is 0.706. The molecule has 0 bridgehead atoms. The quantitative estimate of drug-likeness (QED) is 0.697. The van der Waals surface area contributed by atoms with Gasteiger partial charge >= 0.3 is 0 Å². The van der Waals surface area contributed by atoms with Gasteiger partial charge in [-0.15, -0.1) is 0 Å². The number of nitrogen functional groups attached to an aromatic ring is 1. The molecule has 0 aliphatic heterocycles. The van der Waals surface area contributed by atoms with Gasteiger partial charge in [-0.3, -0.25) is 4.40 Å². The molecule has 0 aliphatic rings. The standard InChI is InChI=1S/C12H11N3S/c1-8-2-3-10-14-11(9-4-5-16-7-9)12(13)15(10)6-8/h2-7H,13H2,1H3. The van der Waals surface area contributed by atoms with E-state index in [1.165, 1.54) is 5.56 Å². The fourth-order valence-corrected chi connectivity index (χ4v) is 2.42. The van der Waals surface area contributed by atoms with Crippen LogP contribution in [0.25, 0.3) is 16.9 Å². The average molecular weight is 229 g/mol. The Hall–Kier alpha value is -1.81. The predicted molar refractivity (Wildman–Crippen MR) is 67.7 cm³/mol. The van der Waals surface area contributed by atoms with E-state index < -0.39 is 0 Å². The van der Waals surface area contributed by atoms with Crippen LogP contribution < -0.4 is 5.73 Å². The Kier molecular flexibility index (Phi) is 1.97. The van der Waals surface area contributed by atoms with Crippen molar-refractivity contribution in [1.82, 2.24) is 9.38 Å². The molecule has 0 fully saturated rings. The molecule has 4 heteroatoms. The molecule has 0 radical (unpaired) electrons. The summed E-state index contributed by atoms with van der Waals surface area (Å²) in [5.41, 5.74) is 10.1. The molecule has 3 aromatic rings. The molecule has 0 atom stereocenters. The molecule has 0 saturated heterocycles. The van der Waals surface area contributed by atoms with Crippen LogP contribution in [0.5, 0.6) is 0 Å². The first-order valence-corrected chi connectivity index (χ1v) is 5.97. The molecule has 16 heavy (non-hydrogen) atoms. The summed E-state index contributed by atoms with van der Waals surface area (Å²) < 4.78 is 1.93. The predicted octanol–water partition coefficient (Wildman–Crippen LogP) is 2.95. The highest BCUT2D eigenvalue weighted by atomic mass is 32.1. The number of thiophene rings is 1. The summed E-state index contributed by atoms with van der Waals surface area (Å²) in [4.78, 5) is 4.54. The lowest BCUT2D eigenvalue weighted by Crippen LogP contribution is -1.94. The number of rotatable bonds is 1. The lowest BCUT2D eigenvalue weighted by molar-refractivity contribution is 1.16. The van der Waals surface area contributed by atoms with Crippen LogP contribution in [0.1, 0.15) is 5.56 Å². The van der Waals surface area contributed by atoms with Crippen molar-refractivity contribution in [3.05, 3.63) is 40.7 Å². The molecule has 3 nitrogen and oxygen atoms in total. The van der Waals surface area contributed by atoms with Crippen LogP contribution >= 0.6 is 11.3 Å². The minimum absolute atomic E-state index is 0.706. The second-order valence-electron chi connectivity index (χ2n) is 3.79. The van der Waals surface area contributed by atoms with Gasteiger partial charge in [-0.2, -0.15) is 11.3 Å². The first-order chi connectivity index (χ1) is 7.75. The summed E-state index contributed by atoms with van der Waals surface area (Å²) in [5, 5.41) is 4.09. The van der Waals surface area contributed by atoms with E-state index in [2.05, 4.69) is 10.4 Å². The normalized spacial score (nSPS) is 11.1. The maximum atomic E-state index is 6.10. The maximum absolute atomic E-state index is 6.10. The minimum Gasteiger partial charge on any atom is -0.383 e. The van der Waals surface area contributed by atoms with Crippen LogP contribution in [0.2, 0.25) is 0 Å². The Morgan fingerprint density at radius 2 is 2.19 bits per heavy atom. The molecular weight excluding hydrogens is 218 g/mol. The van der Waals surface area contributed by atoms with Gasteiger partial charge in [0.1, 0.15) is 17.2 Å². The van der Waals surface area contributed by atoms with E-state index in [1.807, 2.05) is 41.1 Å². The van der Waals surface area contributed by atoms with E-state index >= 15 is 0 Å². The van der Waals surface area contributed by atoms with Crippen molar-refractivity contribution in [2.45, 2.75) is 6.92 Å². The lowest BCUT2D eigenvalue weighted by atomic mass is 10.2. The molecule has 3 rings (SSSR count). The number of nitrogens with zero attached hydrogens (tertiary/aromatic N) is 2. The summed E-state index contributed by atoms with van der Waals surface area (Å²) in [6.45, 7) is 2.04. The maximum Gasteiger partial charge on any atom is 0.139 e. The average Bonchev–Trinajstić information content (AvgIpc) is 2.87. The lowest BCUT2D eigenvalue weighted by Gasteiger charge is -1.98. The summed E-state index contributed by atoms with van der Waals surface area (Å²) in [6.07, 6.45) is 2.01. The van der Waals surface area contributed by atoms with E-state index in [0.717, 1.165) is 16.9 Å². The van der Waals surface area contributed by atoms with Gasteiger partial charge in [0, 0.05) is 17.1 Å². The molecule has 0 aliphatic carbocycles. The van der Waals surface area contributed by atoms with Gasteiger partial charge < -0.3 is 5.73 Å². The fraction of sp³-hybridized carbons (Fsp3) is 0.0833. The molecule has 80 valence electrons. The van der Waals surface area contributed by atoms with Crippen molar-refractivity contribution in [3.63, 3.8) is 0 Å². The van der Waals surface area contributed by atoms with Crippen molar-refractivity contribution in [2.24, 2.45) is 0 Å². The van der Waals surface area contributed by atoms with E-state index in [1.54, 1.807) is 11.3 Å². The number of pyridine rings is 1. The first kappa shape index (κ1) is 9.42. The zero-order valence-corrected chi connectivity index (χ0v) is 9.66. The minimum atomic E-state index is 0.706. The molecule has 0 spiro atoms. The van der Waals surface area contributed by atoms with Crippen molar-refractivity contribution in [1.29, 1.82) is 0 Å². The first-order valence-electron chi connectivity index (χ1n) is 5.02. The van der Waals surface area contributed by atoms with E-state index in [4.69, 9.17) is 5.73 Å². The Labute approximate surface area is 97.2 Å². The number of nitrogens with two attached hydrogens (primary N) is 1. The van der Waals surface area contributed by atoms with Gasteiger partial charge in [0.05, 0.1) is 0 Å². The number of aryl methyl sites for hydroxylation is 1. The number of anilines is 1. The zero-order valence-electron chi connectivity index (χ0n) is 8.84. The van der Waals surface area contributed by atoms with Crippen LogP contribution in [0, 0.1) is 6.92 Å². The topological polar surface area (TPSA) is 43.3 Å². The van der Waals surface area contributed by atoms with Gasteiger partial charge in [-0.05, 0) is 30.0 Å². The Bertz CT molecular complexity index is 638. The second-order valence-corrected chi connectivity index (χ2v) is 4.57. The molecule has 2 N–H and O–H groups in total. The van der Waals surface area contributed by atoms with Crippen LogP contribution in [0.4, 0.5) is 5.82 Å². The third kappa shape index (κ3) is 1.31. The monoisotopic (exact) mass is 229 g/mol. The number of hydrogen-bond donors (Lipinski definition) is 1. The van der Waals surface area contributed by atoms with Gasteiger partial charge in [0.25, 0.3) is 0 Å². The second kappa shape index (κ2) is 3.35. The highest BCUT2D eigenvalue weighted by Gasteiger charge is 2.10. The molecule has 0 saturated carbocycles. The van der Waals surface area contributed by atoms with E-state index in [-0.39, 0.29) is 0 Å². The van der Waals surface area contributed by atoms with Gasteiger partial charge in [-0.25, -0.2) is 4.98 Å². The van der Waals surface area contributed by atoms with Gasteiger partial charge in [0.15, 0.2) is 0 Å². The number of fused-ring (bicyclic) bond motifs is 1. The third-order valence-corrected chi connectivity index (χ3v) is 3.28. The summed E-state index contributed by atoms with van der Waals surface area (Å²) >= 11 is 1.65. The Morgan fingerprint density at radius 1 is 1.31 bits per heavy atom. The molecule has 3 heterocycles. The highest BCUT2D eigenvalue weighted by Crippen LogP contribution is 2.28. The van der Waals surface area contributed by atoms with Crippen molar-refractivity contribution < 1.29 is 0 Å². The van der Waals surface area contributed by atoms with Gasteiger partial charge in [-0.1, -0.05) is 6.07 Å². The van der Waals surface area contributed by atoms with Crippen LogP contribution in [-0.2, 0) is 0 Å². The van der Waals surface area contributed by atoms with Crippen LogP contribution in [0.15, 0.2) is 35.2 Å². The SMILES string of the molecule is Cc1ccc2nc(-c3ccsc3)c(N)n2c1. The molecule has 0 unspecified atom stereocenters. The number of aromatic nitrogens is 2. The number of hydrogen-bond acceptors (Lipinski definition) is 3. The molecule has 3 aromatic heterocycles. The van der Waals surface area contributed by atoms with Crippen LogP contribution in [-0.4, -0.2) is 9.38 Å².